The van der Waals surface area contributed by atoms with Crippen molar-refractivity contribution >= 4 is 47.5 Å². The summed E-state index contributed by atoms with van der Waals surface area (Å²) in [4.78, 5) is 11.1. The number of Topliss-reactive ketones (excluding diaryl/α,β-unsaturated/α-hetero) is 1. The number of halogens is 2. The average Bonchev–Trinajstić information content (AvgIpc) is 2.17. The Morgan fingerprint density at radius 3 is 2.00 bits per heavy atom. The van der Waals surface area contributed by atoms with Crippen LogP contribution in [0.4, 0.5) is 0 Å². The maximum atomic E-state index is 11.6. The molecule has 0 N–H and O–H groups in total. The van der Waals surface area contributed by atoms with Gasteiger partial charge in [0.05, 0.1) is 4.90 Å². The lowest BCUT2D eigenvalue weighted by Gasteiger charge is -2.05. The molecule has 0 radical (unpaired) electrons. The monoisotopic (exact) mass is 354 g/mol. The molecule has 0 aliphatic heterocycles. The summed E-state index contributed by atoms with van der Waals surface area (Å²) in [7, 11) is -3.40. The molecule has 0 saturated carbocycles. The number of sulfone groups is 1. The summed E-state index contributed by atoms with van der Waals surface area (Å²) in [5.41, 5.74) is 0.495. The molecule has 0 atom stereocenters. The second-order valence-electron chi connectivity index (χ2n) is 2.89. The Morgan fingerprint density at radius 2 is 1.67 bits per heavy atom. The van der Waals surface area contributed by atoms with Crippen LogP contribution in [0.1, 0.15) is 17.3 Å². The first-order valence-corrected chi connectivity index (χ1v) is 7.36. The van der Waals surface area contributed by atoms with Gasteiger partial charge in [-0.25, -0.2) is 8.42 Å². The Kier molecular flexibility index (Phi) is 4.08. The molecule has 0 unspecified atom stereocenters. The van der Waals surface area contributed by atoms with Crippen LogP contribution < -0.4 is 0 Å². The first-order valence-electron chi connectivity index (χ1n) is 3.99. The smallest absolute Gasteiger partial charge is 0.201 e. The van der Waals surface area contributed by atoms with Gasteiger partial charge >= 0.3 is 0 Å². The molecule has 0 aliphatic carbocycles. The number of benzene rings is 1. The second-order valence-corrected chi connectivity index (χ2v) is 9.19. The lowest BCUT2D eigenvalue weighted by atomic mass is 10.2. The minimum absolute atomic E-state index is 0.0896. The summed E-state index contributed by atoms with van der Waals surface area (Å²) in [6.45, 7) is 1.43. The first-order chi connectivity index (χ1) is 6.85. The highest BCUT2D eigenvalue weighted by molar-refractivity contribution is 9.27. The van der Waals surface area contributed by atoms with E-state index in [-0.39, 0.29) is 10.7 Å². The van der Waals surface area contributed by atoms with Crippen molar-refractivity contribution < 1.29 is 13.2 Å². The Balaban J connectivity index is 3.15. The number of hydrogen-bond donors (Lipinski definition) is 0. The van der Waals surface area contributed by atoms with E-state index in [4.69, 9.17) is 0 Å². The van der Waals surface area contributed by atoms with Crippen LogP contribution >= 0.6 is 31.9 Å². The Hall–Kier alpha value is -0.200. The van der Waals surface area contributed by atoms with E-state index < -0.39 is 12.9 Å². The van der Waals surface area contributed by atoms with Crippen LogP contribution in [0.15, 0.2) is 29.2 Å². The average molecular weight is 356 g/mol. The SMILES string of the molecule is CC(=O)c1ccc(S(=O)(=O)C(Br)Br)cc1. The zero-order valence-electron chi connectivity index (χ0n) is 7.78. The normalized spacial score (nSPS) is 11.7. The molecule has 15 heavy (non-hydrogen) atoms. The van der Waals surface area contributed by atoms with Gasteiger partial charge in [-0.2, -0.15) is 0 Å². The molecular weight excluding hydrogens is 348 g/mol. The van der Waals surface area contributed by atoms with Gasteiger partial charge < -0.3 is 0 Å². The predicted octanol–water partition coefficient (Wildman–Crippen LogP) is 2.74. The third kappa shape index (κ3) is 2.89. The summed E-state index contributed by atoms with van der Waals surface area (Å²) >= 11 is 5.88. The zero-order chi connectivity index (χ0) is 11.6. The van der Waals surface area contributed by atoms with Gasteiger partial charge in [0.2, 0.25) is 9.84 Å². The minimum Gasteiger partial charge on any atom is -0.295 e. The van der Waals surface area contributed by atoms with E-state index in [1.165, 1.54) is 31.2 Å². The fraction of sp³-hybridized carbons (Fsp3) is 0.222. The topological polar surface area (TPSA) is 51.2 Å². The predicted molar refractivity (Wildman–Crippen MR) is 65.3 cm³/mol. The van der Waals surface area contributed by atoms with Crippen molar-refractivity contribution in [3.63, 3.8) is 0 Å². The molecule has 1 aromatic rings. The van der Waals surface area contributed by atoms with Crippen LogP contribution in [0.25, 0.3) is 0 Å². The standard InChI is InChI=1S/C9H8Br2O3S/c1-6(12)7-2-4-8(5-3-7)15(13,14)9(10)11/h2-5,9H,1H3. The molecule has 3 nitrogen and oxygen atoms in total. The lowest BCUT2D eigenvalue weighted by molar-refractivity contribution is 0.101. The van der Waals surface area contributed by atoms with E-state index in [0.29, 0.717) is 5.56 Å². The van der Waals surface area contributed by atoms with Crippen LogP contribution in [0, 0.1) is 0 Å². The molecule has 0 amide bonds. The summed E-state index contributed by atoms with van der Waals surface area (Å²) in [6.07, 6.45) is 0. The molecule has 0 saturated heterocycles. The van der Waals surface area contributed by atoms with Crippen LogP contribution in [0.3, 0.4) is 0 Å². The van der Waals surface area contributed by atoms with Gasteiger partial charge in [0.15, 0.2) is 8.85 Å². The maximum absolute atomic E-state index is 11.6. The van der Waals surface area contributed by atoms with Crippen molar-refractivity contribution in [3.8, 4) is 0 Å². The number of rotatable bonds is 3. The highest BCUT2D eigenvalue weighted by atomic mass is 79.9. The van der Waals surface area contributed by atoms with Crippen LogP contribution in [-0.4, -0.2) is 17.3 Å². The van der Waals surface area contributed by atoms with Crippen molar-refractivity contribution in [2.45, 2.75) is 14.9 Å². The highest BCUT2D eigenvalue weighted by Crippen LogP contribution is 2.24. The molecule has 82 valence electrons. The van der Waals surface area contributed by atoms with Gasteiger partial charge in [0.25, 0.3) is 0 Å². The van der Waals surface area contributed by atoms with Crippen molar-refractivity contribution in [2.75, 3.05) is 0 Å². The van der Waals surface area contributed by atoms with Gasteiger partial charge in [-0.15, -0.1) is 0 Å². The van der Waals surface area contributed by atoms with E-state index in [0.717, 1.165) is 0 Å². The second kappa shape index (κ2) is 4.76. The molecule has 6 heteroatoms. The molecular formula is C9H8Br2O3S. The van der Waals surface area contributed by atoms with E-state index in [2.05, 4.69) is 31.9 Å². The zero-order valence-corrected chi connectivity index (χ0v) is 11.8. The van der Waals surface area contributed by atoms with Crippen LogP contribution in [-0.2, 0) is 9.84 Å². The fourth-order valence-electron chi connectivity index (χ4n) is 0.982. The minimum atomic E-state index is -3.40. The quantitative estimate of drug-likeness (QED) is 0.618. The van der Waals surface area contributed by atoms with Gasteiger partial charge in [0, 0.05) is 5.56 Å². The van der Waals surface area contributed by atoms with E-state index in [1.54, 1.807) is 0 Å². The number of hydrogen-bond acceptors (Lipinski definition) is 3. The Morgan fingerprint density at radius 1 is 1.20 bits per heavy atom. The summed E-state index contributed by atoms with van der Waals surface area (Å²) in [5.74, 6) is -0.0896. The van der Waals surface area contributed by atoms with Crippen molar-refractivity contribution in [3.05, 3.63) is 29.8 Å². The van der Waals surface area contributed by atoms with Gasteiger partial charge in [-0.05, 0) is 19.1 Å². The summed E-state index contributed by atoms with van der Waals surface area (Å²) in [6, 6.07) is 5.83. The van der Waals surface area contributed by atoms with Crippen LogP contribution in [0.2, 0.25) is 0 Å². The van der Waals surface area contributed by atoms with Crippen LogP contribution in [0.5, 0.6) is 0 Å². The molecule has 1 rings (SSSR count). The lowest BCUT2D eigenvalue weighted by Crippen LogP contribution is -2.08. The molecule has 0 heterocycles. The summed E-state index contributed by atoms with van der Waals surface area (Å²) < 4.78 is 22.5. The summed E-state index contributed by atoms with van der Waals surface area (Å²) in [5, 5.41) is 0. The molecule has 0 fully saturated rings. The van der Waals surface area contributed by atoms with E-state index >= 15 is 0 Å². The van der Waals surface area contributed by atoms with Gasteiger partial charge in [-0.3, -0.25) is 4.79 Å². The first kappa shape index (κ1) is 12.9. The third-order valence-electron chi connectivity index (χ3n) is 1.82. The molecule has 0 aliphatic rings. The molecule has 1 aromatic carbocycles. The van der Waals surface area contributed by atoms with E-state index in [9.17, 15) is 13.2 Å². The number of ketones is 1. The number of carbonyl (C=O) groups excluding carboxylic acids is 1. The van der Waals surface area contributed by atoms with Gasteiger partial charge in [-0.1, -0.05) is 44.0 Å². The Labute approximate surface area is 105 Å². The molecule has 0 aromatic heterocycles. The van der Waals surface area contributed by atoms with Gasteiger partial charge in [0.1, 0.15) is 0 Å². The molecule has 0 bridgehead atoms. The van der Waals surface area contributed by atoms with Crippen molar-refractivity contribution in [2.24, 2.45) is 0 Å². The van der Waals surface area contributed by atoms with Crippen molar-refractivity contribution in [1.82, 2.24) is 0 Å². The highest BCUT2D eigenvalue weighted by Gasteiger charge is 2.21. The van der Waals surface area contributed by atoms with Crippen molar-refractivity contribution in [1.29, 1.82) is 0 Å². The number of alkyl halides is 2. The Bertz CT molecular complexity index is 463. The van der Waals surface area contributed by atoms with E-state index in [1.807, 2.05) is 0 Å². The number of carbonyl (C=O) groups is 1. The third-order valence-corrected chi connectivity index (χ3v) is 6.18. The fourth-order valence-corrected chi connectivity index (χ4v) is 3.00. The largest absolute Gasteiger partial charge is 0.295 e. The maximum Gasteiger partial charge on any atom is 0.201 e. The molecule has 0 spiro atoms.